The Kier molecular flexibility index (Phi) is 6.28. The van der Waals surface area contributed by atoms with E-state index in [1.54, 1.807) is 13.0 Å². The molecule has 1 aromatic heterocycles. The summed E-state index contributed by atoms with van der Waals surface area (Å²) in [7, 11) is 5.80. The van der Waals surface area contributed by atoms with Crippen LogP contribution in [0.4, 0.5) is 0 Å². The lowest BCUT2D eigenvalue weighted by Gasteiger charge is -2.13. The topological polar surface area (TPSA) is 54.7 Å². The van der Waals surface area contributed by atoms with Crippen molar-refractivity contribution in [2.24, 2.45) is 7.05 Å². The minimum Gasteiger partial charge on any atom is -0.507 e. The van der Waals surface area contributed by atoms with Crippen LogP contribution in [0.2, 0.25) is 0 Å². The molecule has 0 spiro atoms. The summed E-state index contributed by atoms with van der Waals surface area (Å²) in [5.41, 5.74) is 2.26. The first-order valence-corrected chi connectivity index (χ1v) is 7.47. The molecule has 1 heterocycles. The highest BCUT2D eigenvalue weighted by atomic mass is 79.9. The van der Waals surface area contributed by atoms with Crippen LogP contribution in [0.5, 0.6) is 5.75 Å². The summed E-state index contributed by atoms with van der Waals surface area (Å²) in [4.78, 5) is 14.3. The molecule has 122 valence electrons. The highest BCUT2D eigenvalue weighted by Gasteiger charge is 2.23. The minimum absolute atomic E-state index is 0. The maximum atomic E-state index is 12.3. The number of hydrogen-bond donors (Lipinski definition) is 1. The van der Waals surface area contributed by atoms with E-state index in [9.17, 15) is 9.90 Å². The molecule has 0 saturated heterocycles. The first-order chi connectivity index (χ1) is 9.86. The van der Waals surface area contributed by atoms with Gasteiger partial charge in [0.05, 0.1) is 22.2 Å². The smallest absolute Gasteiger partial charge is 0.340 e. The summed E-state index contributed by atoms with van der Waals surface area (Å²) in [6, 6.07) is 3.41. The van der Waals surface area contributed by atoms with Crippen molar-refractivity contribution >= 4 is 45.2 Å². The predicted molar refractivity (Wildman–Crippen MR) is 92.9 cm³/mol. The number of ether oxygens (including phenoxy) is 1. The third-order valence-electron chi connectivity index (χ3n) is 3.33. The molecule has 0 bridgehead atoms. The van der Waals surface area contributed by atoms with Crippen LogP contribution < -0.4 is 0 Å². The Hall–Kier alpha value is -1.24. The Balaban J connectivity index is 0.00000242. The molecule has 0 fully saturated rings. The van der Waals surface area contributed by atoms with E-state index in [0.29, 0.717) is 28.6 Å². The second-order valence-corrected chi connectivity index (χ2v) is 6.01. The Morgan fingerprint density at radius 1 is 1.41 bits per heavy atom. The number of carbonyl (C=O) groups excluding carboxylic acids is 1. The Bertz CT molecular complexity index is 698. The van der Waals surface area contributed by atoms with E-state index in [2.05, 4.69) is 15.9 Å². The van der Waals surface area contributed by atoms with E-state index in [1.807, 2.05) is 36.7 Å². The average molecular weight is 392 g/mol. The zero-order chi connectivity index (χ0) is 15.7. The van der Waals surface area contributed by atoms with E-state index in [4.69, 9.17) is 4.74 Å². The van der Waals surface area contributed by atoms with Crippen LogP contribution in [0.1, 0.15) is 23.0 Å². The molecule has 22 heavy (non-hydrogen) atoms. The number of hydrogen-bond acceptors (Lipinski definition) is 4. The number of esters is 1. The number of nitrogens with zero attached hydrogens (tertiary/aromatic N) is 2. The lowest BCUT2D eigenvalue weighted by atomic mass is 10.1. The SMILES string of the molecule is CCOC(=O)c1c(CN(C)C)n(C)c2cc(Br)c(O)cc12.Cl. The number of aryl methyl sites for hydroxylation is 1. The zero-order valence-electron chi connectivity index (χ0n) is 13.0. The van der Waals surface area contributed by atoms with Crippen molar-refractivity contribution in [2.45, 2.75) is 13.5 Å². The van der Waals surface area contributed by atoms with Gasteiger partial charge in [0.1, 0.15) is 5.75 Å². The summed E-state index contributed by atoms with van der Waals surface area (Å²) in [5.74, 6) is -0.253. The van der Waals surface area contributed by atoms with Crippen LogP contribution in [-0.4, -0.2) is 41.2 Å². The van der Waals surface area contributed by atoms with Crippen LogP contribution in [0.3, 0.4) is 0 Å². The van der Waals surface area contributed by atoms with Gasteiger partial charge in [-0.25, -0.2) is 4.79 Å². The number of benzene rings is 1. The fourth-order valence-electron chi connectivity index (χ4n) is 2.41. The van der Waals surface area contributed by atoms with Gasteiger partial charge in [0.2, 0.25) is 0 Å². The van der Waals surface area contributed by atoms with E-state index in [0.717, 1.165) is 11.2 Å². The van der Waals surface area contributed by atoms with E-state index < -0.39 is 0 Å². The fourth-order valence-corrected chi connectivity index (χ4v) is 2.74. The third kappa shape index (κ3) is 3.39. The van der Waals surface area contributed by atoms with E-state index in [1.165, 1.54) is 0 Å². The van der Waals surface area contributed by atoms with Gasteiger partial charge in [0.25, 0.3) is 0 Å². The normalized spacial score (nSPS) is 10.8. The third-order valence-corrected chi connectivity index (χ3v) is 3.97. The minimum atomic E-state index is -0.360. The predicted octanol–water partition coefficient (Wildman–Crippen LogP) is 3.31. The lowest BCUT2D eigenvalue weighted by molar-refractivity contribution is 0.0526. The second kappa shape index (κ2) is 7.35. The molecule has 2 aromatic rings. The molecule has 2 rings (SSSR count). The van der Waals surface area contributed by atoms with Crippen molar-refractivity contribution in [2.75, 3.05) is 20.7 Å². The summed E-state index contributed by atoms with van der Waals surface area (Å²) >= 11 is 3.31. The van der Waals surface area contributed by atoms with Gasteiger partial charge in [-0.15, -0.1) is 12.4 Å². The Morgan fingerprint density at radius 3 is 2.59 bits per heavy atom. The molecule has 0 saturated carbocycles. The van der Waals surface area contributed by atoms with Crippen LogP contribution in [0.25, 0.3) is 10.9 Å². The molecule has 0 unspecified atom stereocenters. The van der Waals surface area contributed by atoms with Crippen molar-refractivity contribution in [1.29, 1.82) is 0 Å². The van der Waals surface area contributed by atoms with Gasteiger partial charge in [-0.1, -0.05) is 0 Å². The molecule has 0 aliphatic rings. The van der Waals surface area contributed by atoms with Gasteiger partial charge in [0, 0.05) is 24.7 Å². The average Bonchev–Trinajstić information content (AvgIpc) is 2.64. The molecule has 5 nitrogen and oxygen atoms in total. The molecule has 0 atom stereocenters. The van der Waals surface area contributed by atoms with Crippen molar-refractivity contribution in [3.8, 4) is 5.75 Å². The molecule has 1 N–H and O–H groups in total. The first-order valence-electron chi connectivity index (χ1n) is 6.68. The van der Waals surface area contributed by atoms with Gasteiger partial charge in [-0.2, -0.15) is 0 Å². The summed E-state index contributed by atoms with van der Waals surface area (Å²) < 4.78 is 7.74. The monoisotopic (exact) mass is 390 g/mol. The number of phenolic OH excluding ortho intramolecular Hbond substituents is 1. The van der Waals surface area contributed by atoms with Gasteiger partial charge >= 0.3 is 5.97 Å². The molecule has 7 heteroatoms. The largest absolute Gasteiger partial charge is 0.507 e. The van der Waals surface area contributed by atoms with Crippen LogP contribution >= 0.6 is 28.3 Å². The molecular formula is C15H20BrClN2O3. The number of carbonyl (C=O) groups is 1. The lowest BCUT2D eigenvalue weighted by Crippen LogP contribution is -2.17. The maximum absolute atomic E-state index is 12.3. The number of aromatic nitrogens is 1. The summed E-state index contributed by atoms with van der Waals surface area (Å²) in [6.07, 6.45) is 0. The van der Waals surface area contributed by atoms with Crippen LogP contribution in [-0.2, 0) is 18.3 Å². The second-order valence-electron chi connectivity index (χ2n) is 5.16. The van der Waals surface area contributed by atoms with Gasteiger partial charge < -0.3 is 19.3 Å². The van der Waals surface area contributed by atoms with Gasteiger partial charge in [-0.05, 0) is 49.1 Å². The van der Waals surface area contributed by atoms with E-state index in [-0.39, 0.29) is 24.1 Å². The van der Waals surface area contributed by atoms with Gasteiger partial charge in [0.15, 0.2) is 0 Å². The quantitative estimate of drug-likeness (QED) is 0.813. The number of aromatic hydroxyl groups is 1. The van der Waals surface area contributed by atoms with Crippen molar-refractivity contribution in [3.63, 3.8) is 0 Å². The molecular weight excluding hydrogens is 372 g/mol. The van der Waals surface area contributed by atoms with Crippen molar-refractivity contribution in [1.82, 2.24) is 9.47 Å². The fraction of sp³-hybridized carbons (Fsp3) is 0.400. The Labute approximate surface area is 144 Å². The summed E-state index contributed by atoms with van der Waals surface area (Å²) in [5, 5.41) is 10.6. The van der Waals surface area contributed by atoms with Crippen LogP contribution in [0.15, 0.2) is 16.6 Å². The number of halogens is 2. The molecule has 0 radical (unpaired) electrons. The summed E-state index contributed by atoms with van der Waals surface area (Å²) in [6.45, 7) is 2.71. The number of fused-ring (bicyclic) bond motifs is 1. The van der Waals surface area contributed by atoms with Crippen molar-refractivity contribution < 1.29 is 14.6 Å². The first kappa shape index (κ1) is 18.8. The highest BCUT2D eigenvalue weighted by Crippen LogP contribution is 2.34. The van der Waals surface area contributed by atoms with Gasteiger partial charge in [-0.3, -0.25) is 0 Å². The highest BCUT2D eigenvalue weighted by molar-refractivity contribution is 9.10. The molecule has 0 aliphatic heterocycles. The number of phenols is 1. The molecule has 1 aromatic carbocycles. The van der Waals surface area contributed by atoms with E-state index >= 15 is 0 Å². The zero-order valence-corrected chi connectivity index (χ0v) is 15.4. The van der Waals surface area contributed by atoms with Crippen molar-refractivity contribution in [3.05, 3.63) is 27.9 Å². The standard InChI is InChI=1S/C15H19BrN2O3.ClH/c1-5-21-15(20)14-9-6-13(19)10(16)7-11(9)18(4)12(14)8-17(2)3;/h6-7,19H,5,8H2,1-4H3;1H. The Morgan fingerprint density at radius 2 is 2.05 bits per heavy atom. The van der Waals surface area contributed by atoms with Crippen LogP contribution in [0, 0.1) is 0 Å². The maximum Gasteiger partial charge on any atom is 0.340 e. The molecule has 0 amide bonds. The number of rotatable bonds is 4. The molecule has 0 aliphatic carbocycles.